The highest BCUT2D eigenvalue weighted by atomic mass is 16.5. The fourth-order valence-corrected chi connectivity index (χ4v) is 4.75. The summed E-state index contributed by atoms with van der Waals surface area (Å²) in [5, 5.41) is 6.07. The van der Waals surface area contributed by atoms with Crippen molar-refractivity contribution in [1.29, 1.82) is 0 Å². The first-order valence-electron chi connectivity index (χ1n) is 10.9. The molecule has 2 saturated heterocycles. The minimum atomic E-state index is -0.0936. The highest BCUT2D eigenvalue weighted by Crippen LogP contribution is 2.27. The van der Waals surface area contributed by atoms with Gasteiger partial charge in [-0.25, -0.2) is 4.79 Å². The number of aryl methyl sites for hydroxylation is 1. The Hall–Kier alpha value is -2.12. The Morgan fingerprint density at radius 2 is 2.07 bits per heavy atom. The Bertz CT molecular complexity index is 748. The molecular formula is C22H32N4O3. The van der Waals surface area contributed by atoms with Gasteiger partial charge in [-0.2, -0.15) is 0 Å². The van der Waals surface area contributed by atoms with Gasteiger partial charge < -0.3 is 15.4 Å². The molecule has 0 bridgehead atoms. The van der Waals surface area contributed by atoms with Crippen molar-refractivity contribution in [2.24, 2.45) is 5.92 Å². The predicted octanol–water partition coefficient (Wildman–Crippen LogP) is 2.15. The Balaban J connectivity index is 1.36. The Kier molecular flexibility index (Phi) is 6.35. The van der Waals surface area contributed by atoms with Gasteiger partial charge in [-0.3, -0.25) is 14.6 Å². The second kappa shape index (κ2) is 9.13. The maximum atomic E-state index is 12.9. The van der Waals surface area contributed by atoms with Crippen LogP contribution in [0.5, 0.6) is 0 Å². The standard InChI is InChI=1S/C22H32N4O3/c1-16-5-6-18(14-20(16)26-8-7-23-22(26)28)21(27)24-19-4-2-3-17(13-19)15-25-9-11-29-12-10-25/h5-6,14,17,19H,2-4,7-13,15H2,1H3,(H,23,28)(H,24,27)/t17-,19-/m1/s1. The van der Waals surface area contributed by atoms with E-state index in [2.05, 4.69) is 15.5 Å². The number of benzene rings is 1. The largest absolute Gasteiger partial charge is 0.379 e. The van der Waals surface area contributed by atoms with Crippen molar-refractivity contribution in [2.75, 3.05) is 50.8 Å². The monoisotopic (exact) mass is 400 g/mol. The maximum Gasteiger partial charge on any atom is 0.322 e. The Labute approximate surface area is 172 Å². The number of carbonyl (C=O) groups is 2. The second-order valence-electron chi connectivity index (χ2n) is 8.50. The van der Waals surface area contributed by atoms with E-state index in [-0.39, 0.29) is 18.0 Å². The molecule has 1 saturated carbocycles. The van der Waals surface area contributed by atoms with Gasteiger partial charge in [0.1, 0.15) is 0 Å². The van der Waals surface area contributed by atoms with E-state index in [0.717, 1.165) is 63.4 Å². The van der Waals surface area contributed by atoms with E-state index < -0.39 is 0 Å². The molecule has 3 aliphatic rings. The van der Waals surface area contributed by atoms with Crippen molar-refractivity contribution in [3.63, 3.8) is 0 Å². The van der Waals surface area contributed by atoms with Crippen LogP contribution >= 0.6 is 0 Å². The van der Waals surface area contributed by atoms with Crippen LogP contribution in [0.25, 0.3) is 0 Å². The highest BCUT2D eigenvalue weighted by molar-refractivity contribution is 5.99. The molecule has 1 aliphatic carbocycles. The molecule has 7 nitrogen and oxygen atoms in total. The third kappa shape index (κ3) is 4.90. The van der Waals surface area contributed by atoms with Gasteiger partial charge in [0, 0.05) is 50.0 Å². The molecular weight excluding hydrogens is 368 g/mol. The zero-order valence-electron chi connectivity index (χ0n) is 17.3. The predicted molar refractivity (Wildman–Crippen MR) is 112 cm³/mol. The molecule has 0 unspecified atom stereocenters. The smallest absolute Gasteiger partial charge is 0.322 e. The van der Waals surface area contributed by atoms with Crippen molar-refractivity contribution in [2.45, 2.75) is 38.6 Å². The Morgan fingerprint density at radius 1 is 1.24 bits per heavy atom. The molecule has 4 rings (SSSR count). The van der Waals surface area contributed by atoms with E-state index in [1.807, 2.05) is 25.1 Å². The van der Waals surface area contributed by atoms with Crippen molar-refractivity contribution < 1.29 is 14.3 Å². The third-order valence-electron chi connectivity index (χ3n) is 6.36. The fourth-order valence-electron chi connectivity index (χ4n) is 4.75. The maximum absolute atomic E-state index is 12.9. The van der Waals surface area contributed by atoms with Crippen LogP contribution in [-0.4, -0.2) is 68.8 Å². The molecule has 3 amide bonds. The zero-order valence-corrected chi connectivity index (χ0v) is 17.3. The number of nitrogens with one attached hydrogen (secondary N) is 2. The number of ether oxygens (including phenoxy) is 1. The quantitative estimate of drug-likeness (QED) is 0.794. The lowest BCUT2D eigenvalue weighted by molar-refractivity contribution is 0.0266. The molecule has 1 aromatic rings. The molecule has 3 fully saturated rings. The highest BCUT2D eigenvalue weighted by Gasteiger charge is 2.27. The van der Waals surface area contributed by atoms with Crippen LogP contribution in [0.15, 0.2) is 18.2 Å². The lowest BCUT2D eigenvalue weighted by Gasteiger charge is -2.35. The van der Waals surface area contributed by atoms with Crippen molar-refractivity contribution in [3.8, 4) is 0 Å². The van der Waals surface area contributed by atoms with Gasteiger partial charge in [-0.15, -0.1) is 0 Å². The van der Waals surface area contributed by atoms with Crippen LogP contribution in [0, 0.1) is 12.8 Å². The average Bonchev–Trinajstić information content (AvgIpc) is 3.15. The van der Waals surface area contributed by atoms with Gasteiger partial charge in [0.2, 0.25) is 0 Å². The molecule has 1 aromatic carbocycles. The van der Waals surface area contributed by atoms with E-state index in [0.29, 0.717) is 24.6 Å². The number of anilines is 1. The van der Waals surface area contributed by atoms with E-state index >= 15 is 0 Å². The minimum Gasteiger partial charge on any atom is -0.379 e. The molecule has 7 heteroatoms. The molecule has 29 heavy (non-hydrogen) atoms. The lowest BCUT2D eigenvalue weighted by Crippen LogP contribution is -2.43. The summed E-state index contributed by atoms with van der Waals surface area (Å²) in [6.45, 7) is 8.05. The number of morpholine rings is 1. The van der Waals surface area contributed by atoms with Gasteiger partial charge >= 0.3 is 6.03 Å². The van der Waals surface area contributed by atoms with E-state index in [1.54, 1.807) is 4.90 Å². The van der Waals surface area contributed by atoms with Crippen LogP contribution in [0.4, 0.5) is 10.5 Å². The first-order chi connectivity index (χ1) is 14.1. The van der Waals surface area contributed by atoms with Gasteiger partial charge in [-0.1, -0.05) is 12.5 Å². The number of hydrogen-bond donors (Lipinski definition) is 2. The second-order valence-corrected chi connectivity index (χ2v) is 8.50. The first-order valence-corrected chi connectivity index (χ1v) is 10.9. The summed E-state index contributed by atoms with van der Waals surface area (Å²) in [6.07, 6.45) is 4.48. The average molecular weight is 401 g/mol. The summed E-state index contributed by atoms with van der Waals surface area (Å²) in [5.41, 5.74) is 2.45. The number of nitrogens with zero attached hydrogens (tertiary/aromatic N) is 2. The summed E-state index contributed by atoms with van der Waals surface area (Å²) in [7, 11) is 0. The van der Waals surface area contributed by atoms with Gasteiger partial charge in [0.05, 0.1) is 13.2 Å². The van der Waals surface area contributed by atoms with Gasteiger partial charge in [0.15, 0.2) is 0 Å². The van der Waals surface area contributed by atoms with Crippen LogP contribution in [0.3, 0.4) is 0 Å². The van der Waals surface area contributed by atoms with Crippen molar-refractivity contribution in [3.05, 3.63) is 29.3 Å². The molecule has 0 aromatic heterocycles. The number of rotatable bonds is 5. The third-order valence-corrected chi connectivity index (χ3v) is 6.36. The summed E-state index contributed by atoms with van der Waals surface area (Å²) in [6, 6.07) is 5.77. The molecule has 158 valence electrons. The molecule has 0 radical (unpaired) electrons. The molecule has 2 atom stereocenters. The topological polar surface area (TPSA) is 73.9 Å². The SMILES string of the molecule is Cc1ccc(C(=O)N[C@@H]2CCC[C@@H](CN3CCOCC3)C2)cc1N1CCNC1=O. The fraction of sp³-hybridized carbons (Fsp3) is 0.636. The van der Waals surface area contributed by atoms with E-state index in [1.165, 1.54) is 6.42 Å². The minimum absolute atomic E-state index is 0.0390. The van der Waals surface area contributed by atoms with Crippen LogP contribution < -0.4 is 15.5 Å². The van der Waals surface area contributed by atoms with Crippen LogP contribution in [0.1, 0.15) is 41.6 Å². The lowest BCUT2D eigenvalue weighted by atomic mass is 9.85. The zero-order chi connectivity index (χ0) is 20.2. The van der Waals surface area contributed by atoms with Gasteiger partial charge in [0.25, 0.3) is 5.91 Å². The first kappa shape index (κ1) is 20.2. The van der Waals surface area contributed by atoms with Crippen LogP contribution in [0.2, 0.25) is 0 Å². The van der Waals surface area contributed by atoms with E-state index in [9.17, 15) is 9.59 Å². The number of urea groups is 1. The van der Waals surface area contributed by atoms with Crippen molar-refractivity contribution >= 4 is 17.6 Å². The summed E-state index contributed by atoms with van der Waals surface area (Å²) >= 11 is 0. The molecule has 0 spiro atoms. The molecule has 2 heterocycles. The number of amides is 3. The van der Waals surface area contributed by atoms with Crippen LogP contribution in [-0.2, 0) is 4.74 Å². The summed E-state index contributed by atoms with van der Waals surface area (Å²) in [4.78, 5) is 29.1. The number of hydrogen-bond acceptors (Lipinski definition) is 4. The molecule has 2 aliphatic heterocycles. The summed E-state index contributed by atoms with van der Waals surface area (Å²) in [5.74, 6) is 0.594. The van der Waals surface area contributed by atoms with Crippen molar-refractivity contribution in [1.82, 2.24) is 15.5 Å². The molecule has 2 N–H and O–H groups in total. The Morgan fingerprint density at radius 3 is 2.83 bits per heavy atom. The van der Waals surface area contributed by atoms with Gasteiger partial charge in [-0.05, 0) is 49.8 Å². The summed E-state index contributed by atoms with van der Waals surface area (Å²) < 4.78 is 5.45. The number of carbonyl (C=O) groups excluding carboxylic acids is 2. The normalized spacial score (nSPS) is 25.7. The van der Waals surface area contributed by atoms with E-state index in [4.69, 9.17) is 4.74 Å².